The summed E-state index contributed by atoms with van der Waals surface area (Å²) in [6.45, 7) is 7.84. The summed E-state index contributed by atoms with van der Waals surface area (Å²) in [5.74, 6) is 1.45. The molecule has 1 aliphatic heterocycles. The molecule has 1 fully saturated rings. The molecule has 0 radical (unpaired) electrons. The molecule has 0 unspecified atom stereocenters. The van der Waals surface area contributed by atoms with Crippen molar-refractivity contribution in [3.63, 3.8) is 0 Å². The van der Waals surface area contributed by atoms with Gasteiger partial charge in [0.15, 0.2) is 0 Å². The van der Waals surface area contributed by atoms with Gasteiger partial charge < -0.3 is 19.5 Å². The van der Waals surface area contributed by atoms with E-state index in [-0.39, 0.29) is 12.0 Å². The van der Waals surface area contributed by atoms with Crippen LogP contribution in [0.4, 0.5) is 0 Å². The van der Waals surface area contributed by atoms with Crippen molar-refractivity contribution in [1.82, 2.24) is 5.32 Å². The van der Waals surface area contributed by atoms with E-state index in [9.17, 15) is 4.79 Å². The van der Waals surface area contributed by atoms with Gasteiger partial charge in [0.1, 0.15) is 18.1 Å². The van der Waals surface area contributed by atoms with Crippen molar-refractivity contribution in [1.29, 1.82) is 0 Å². The number of hydrogen-bond donors (Lipinski definition) is 1. The van der Waals surface area contributed by atoms with Crippen LogP contribution in [0.1, 0.15) is 45.5 Å². The molecule has 1 heterocycles. The quantitative estimate of drug-likeness (QED) is 0.782. The number of aryl methyl sites for hydroxylation is 2. The van der Waals surface area contributed by atoms with E-state index < -0.39 is 0 Å². The predicted molar refractivity (Wildman–Crippen MR) is 109 cm³/mol. The fourth-order valence-corrected chi connectivity index (χ4v) is 3.45. The Morgan fingerprint density at radius 3 is 2.71 bits per heavy atom. The zero-order valence-electron chi connectivity index (χ0n) is 17.1. The maximum atomic E-state index is 12.5. The Morgan fingerprint density at radius 2 is 2.00 bits per heavy atom. The molecule has 0 spiro atoms. The molecule has 0 saturated carbocycles. The highest BCUT2D eigenvalue weighted by molar-refractivity contribution is 5.94. The second kappa shape index (κ2) is 9.11. The van der Waals surface area contributed by atoms with E-state index in [0.717, 1.165) is 41.9 Å². The zero-order chi connectivity index (χ0) is 20.1. The lowest BCUT2D eigenvalue weighted by atomic mass is 10.1. The van der Waals surface area contributed by atoms with Crippen LogP contribution >= 0.6 is 0 Å². The Balaban J connectivity index is 1.71. The summed E-state index contributed by atoms with van der Waals surface area (Å²) in [4.78, 5) is 12.5. The van der Waals surface area contributed by atoms with Crippen molar-refractivity contribution in [2.45, 2.75) is 46.3 Å². The molecule has 2 aromatic rings. The van der Waals surface area contributed by atoms with Crippen molar-refractivity contribution in [2.24, 2.45) is 0 Å². The topological polar surface area (TPSA) is 56.8 Å². The molecule has 0 aliphatic carbocycles. The molecule has 150 valence electrons. The highest BCUT2D eigenvalue weighted by Crippen LogP contribution is 2.27. The molecule has 3 rings (SSSR count). The molecule has 0 aromatic heterocycles. The molecule has 5 nitrogen and oxygen atoms in total. The third-order valence-corrected chi connectivity index (χ3v) is 5.20. The van der Waals surface area contributed by atoms with Crippen LogP contribution in [0.15, 0.2) is 30.3 Å². The summed E-state index contributed by atoms with van der Waals surface area (Å²) >= 11 is 0. The zero-order valence-corrected chi connectivity index (χ0v) is 17.1. The van der Waals surface area contributed by atoms with Crippen LogP contribution in [0.25, 0.3) is 0 Å². The Labute approximate surface area is 167 Å². The van der Waals surface area contributed by atoms with Crippen LogP contribution in [0.2, 0.25) is 0 Å². The number of rotatable bonds is 7. The Kier molecular flexibility index (Phi) is 6.57. The molecule has 1 saturated heterocycles. The van der Waals surface area contributed by atoms with Gasteiger partial charge in [-0.2, -0.15) is 0 Å². The first-order valence-corrected chi connectivity index (χ1v) is 9.75. The average molecular weight is 383 g/mol. The molecule has 2 aromatic carbocycles. The minimum absolute atomic E-state index is 0.109. The van der Waals surface area contributed by atoms with Crippen molar-refractivity contribution in [3.05, 3.63) is 58.1 Å². The van der Waals surface area contributed by atoms with Gasteiger partial charge in [0.25, 0.3) is 5.91 Å². The van der Waals surface area contributed by atoms with Crippen molar-refractivity contribution in [3.8, 4) is 11.5 Å². The number of methoxy groups -OCH3 is 1. The molecular weight excluding hydrogens is 354 g/mol. The van der Waals surface area contributed by atoms with E-state index in [2.05, 4.69) is 32.2 Å². The van der Waals surface area contributed by atoms with Gasteiger partial charge in [-0.05, 0) is 74.6 Å². The Hall–Kier alpha value is -2.53. The smallest absolute Gasteiger partial charge is 0.251 e. The minimum Gasteiger partial charge on any atom is -0.496 e. The molecule has 0 bridgehead atoms. The van der Waals surface area contributed by atoms with Crippen molar-refractivity contribution < 1.29 is 19.0 Å². The maximum Gasteiger partial charge on any atom is 0.251 e. The van der Waals surface area contributed by atoms with Crippen LogP contribution in [0.5, 0.6) is 11.5 Å². The number of hydrogen-bond acceptors (Lipinski definition) is 4. The number of nitrogens with one attached hydrogen (secondary N) is 1. The molecule has 28 heavy (non-hydrogen) atoms. The number of carbonyl (C=O) groups is 1. The average Bonchev–Trinajstić information content (AvgIpc) is 3.21. The van der Waals surface area contributed by atoms with Gasteiger partial charge in [-0.1, -0.05) is 6.07 Å². The normalized spacial score (nSPS) is 16.1. The first kappa shape index (κ1) is 20.2. The second-order valence-electron chi connectivity index (χ2n) is 7.37. The molecule has 1 N–H and O–H groups in total. The van der Waals surface area contributed by atoms with E-state index in [4.69, 9.17) is 14.2 Å². The fraction of sp³-hybridized carbons (Fsp3) is 0.435. The Bertz CT molecular complexity index is 841. The SMILES string of the molecule is COc1ccc(C(=O)NC[C@@H]2CCCO2)cc1COc1cc(C)cc(C)c1C. The number of benzene rings is 2. The molecule has 1 atom stereocenters. The van der Waals surface area contributed by atoms with E-state index in [1.807, 2.05) is 18.2 Å². The molecule has 1 aliphatic rings. The van der Waals surface area contributed by atoms with E-state index in [1.54, 1.807) is 13.2 Å². The van der Waals surface area contributed by atoms with Crippen LogP contribution in [0.3, 0.4) is 0 Å². The van der Waals surface area contributed by atoms with Gasteiger partial charge in [0.2, 0.25) is 0 Å². The van der Waals surface area contributed by atoms with Gasteiger partial charge in [-0.15, -0.1) is 0 Å². The van der Waals surface area contributed by atoms with Crippen LogP contribution in [0, 0.1) is 20.8 Å². The highest BCUT2D eigenvalue weighted by atomic mass is 16.5. The minimum atomic E-state index is -0.109. The standard InChI is InChI=1S/C23H29NO4/c1-15-10-16(2)17(3)22(11-15)28-14-19-12-18(7-8-21(19)26-4)23(25)24-13-20-6-5-9-27-20/h7-8,10-12,20H,5-6,9,13-14H2,1-4H3,(H,24,25)/t20-/m0/s1. The lowest BCUT2D eigenvalue weighted by Crippen LogP contribution is -2.31. The summed E-state index contributed by atoms with van der Waals surface area (Å²) in [6, 6.07) is 9.60. The van der Waals surface area contributed by atoms with Gasteiger partial charge in [-0.25, -0.2) is 0 Å². The molecule has 1 amide bonds. The third-order valence-electron chi connectivity index (χ3n) is 5.20. The summed E-state index contributed by atoms with van der Waals surface area (Å²) in [5, 5.41) is 2.96. The van der Waals surface area contributed by atoms with Crippen LogP contribution in [-0.4, -0.2) is 32.3 Å². The van der Waals surface area contributed by atoms with Crippen molar-refractivity contribution in [2.75, 3.05) is 20.3 Å². The second-order valence-corrected chi connectivity index (χ2v) is 7.37. The van der Waals surface area contributed by atoms with Gasteiger partial charge >= 0.3 is 0 Å². The summed E-state index contributed by atoms with van der Waals surface area (Å²) in [7, 11) is 1.62. The van der Waals surface area contributed by atoms with Crippen molar-refractivity contribution >= 4 is 5.91 Å². The van der Waals surface area contributed by atoms with Crippen LogP contribution < -0.4 is 14.8 Å². The lowest BCUT2D eigenvalue weighted by molar-refractivity contribution is 0.0857. The first-order chi connectivity index (χ1) is 13.5. The van der Waals surface area contributed by atoms with E-state index in [1.165, 1.54) is 5.56 Å². The third kappa shape index (κ3) is 4.84. The molecular formula is C23H29NO4. The summed E-state index contributed by atoms with van der Waals surface area (Å²) in [5.41, 5.74) is 4.91. The van der Waals surface area contributed by atoms with Gasteiger partial charge in [0.05, 0.1) is 13.2 Å². The van der Waals surface area contributed by atoms with Crippen LogP contribution in [-0.2, 0) is 11.3 Å². The number of ether oxygens (including phenoxy) is 3. The van der Waals surface area contributed by atoms with E-state index in [0.29, 0.717) is 24.5 Å². The number of amides is 1. The summed E-state index contributed by atoms with van der Waals surface area (Å²) < 4.78 is 17.1. The van der Waals surface area contributed by atoms with Gasteiger partial charge in [0, 0.05) is 24.3 Å². The predicted octanol–water partition coefficient (Wildman–Crippen LogP) is 4.11. The largest absolute Gasteiger partial charge is 0.496 e. The Morgan fingerprint density at radius 1 is 1.18 bits per heavy atom. The lowest BCUT2D eigenvalue weighted by Gasteiger charge is -2.15. The van der Waals surface area contributed by atoms with E-state index >= 15 is 0 Å². The maximum absolute atomic E-state index is 12.5. The first-order valence-electron chi connectivity index (χ1n) is 9.75. The summed E-state index contributed by atoms with van der Waals surface area (Å²) in [6.07, 6.45) is 2.18. The monoisotopic (exact) mass is 383 g/mol. The fourth-order valence-electron chi connectivity index (χ4n) is 3.45. The molecule has 5 heteroatoms. The van der Waals surface area contributed by atoms with Gasteiger partial charge in [-0.3, -0.25) is 4.79 Å². The number of carbonyl (C=O) groups excluding carboxylic acids is 1. The highest BCUT2D eigenvalue weighted by Gasteiger charge is 2.17.